The van der Waals surface area contributed by atoms with Crippen LogP contribution in [0.25, 0.3) is 0 Å². The van der Waals surface area contributed by atoms with Crippen molar-refractivity contribution in [3.63, 3.8) is 0 Å². The Bertz CT molecular complexity index is 477. The summed E-state index contributed by atoms with van der Waals surface area (Å²) in [4.78, 5) is 0. The molecule has 78 valence electrons. The van der Waals surface area contributed by atoms with Crippen LogP contribution >= 0.6 is 31.9 Å². The van der Waals surface area contributed by atoms with Crippen LogP contribution in [0.3, 0.4) is 0 Å². The van der Waals surface area contributed by atoms with Crippen LogP contribution in [0.15, 0.2) is 39.5 Å². The molecule has 1 heterocycles. The molecular formula is C11H10Br2N2. The van der Waals surface area contributed by atoms with Gasteiger partial charge in [0.05, 0.1) is 6.54 Å². The third-order valence-corrected chi connectivity index (χ3v) is 3.31. The molecule has 0 amide bonds. The fourth-order valence-corrected chi connectivity index (χ4v) is 2.56. The summed E-state index contributed by atoms with van der Waals surface area (Å²) < 4.78 is 3.76. The Morgan fingerprint density at radius 3 is 2.60 bits per heavy atom. The molecule has 2 rings (SSSR count). The van der Waals surface area contributed by atoms with Gasteiger partial charge in [-0.1, -0.05) is 24.3 Å². The number of nitrogens with zero attached hydrogens (tertiary/aromatic N) is 2. The van der Waals surface area contributed by atoms with E-state index >= 15 is 0 Å². The van der Waals surface area contributed by atoms with E-state index in [0.717, 1.165) is 15.8 Å². The number of rotatable bonds is 2. The Balaban J connectivity index is 2.29. The zero-order valence-electron chi connectivity index (χ0n) is 8.24. The first kappa shape index (κ1) is 10.9. The van der Waals surface area contributed by atoms with Gasteiger partial charge in [-0.3, -0.25) is 4.68 Å². The Morgan fingerprint density at radius 2 is 2.00 bits per heavy atom. The van der Waals surface area contributed by atoms with E-state index in [4.69, 9.17) is 0 Å². The lowest BCUT2D eigenvalue weighted by Gasteiger charge is -2.06. The van der Waals surface area contributed by atoms with E-state index < -0.39 is 0 Å². The van der Waals surface area contributed by atoms with Crippen molar-refractivity contribution in [2.75, 3.05) is 0 Å². The standard InChI is InChI=1S/C11H10Br2N2/c1-8-4-2-3-5-9(8)7-15-11(13)6-10(12)14-15/h2-6H,7H2,1H3. The van der Waals surface area contributed by atoms with Crippen LogP contribution in [0.2, 0.25) is 0 Å². The van der Waals surface area contributed by atoms with Crippen LogP contribution in [-0.2, 0) is 6.54 Å². The number of aryl methyl sites for hydroxylation is 1. The summed E-state index contributed by atoms with van der Waals surface area (Å²) in [6.45, 7) is 2.90. The van der Waals surface area contributed by atoms with Crippen LogP contribution in [0, 0.1) is 6.92 Å². The van der Waals surface area contributed by atoms with Gasteiger partial charge in [-0.25, -0.2) is 0 Å². The van der Waals surface area contributed by atoms with Crippen molar-refractivity contribution in [1.29, 1.82) is 0 Å². The van der Waals surface area contributed by atoms with E-state index in [2.05, 4.69) is 62.1 Å². The molecule has 0 saturated heterocycles. The molecule has 0 spiro atoms. The summed E-state index contributed by atoms with van der Waals surface area (Å²) in [6.07, 6.45) is 0. The van der Waals surface area contributed by atoms with Crippen LogP contribution in [0.1, 0.15) is 11.1 Å². The summed E-state index contributed by atoms with van der Waals surface area (Å²) in [7, 11) is 0. The number of aromatic nitrogens is 2. The lowest BCUT2D eigenvalue weighted by molar-refractivity contribution is 0.664. The van der Waals surface area contributed by atoms with Gasteiger partial charge in [0.2, 0.25) is 0 Å². The van der Waals surface area contributed by atoms with Crippen LogP contribution in [0.5, 0.6) is 0 Å². The van der Waals surface area contributed by atoms with Crippen LogP contribution in [-0.4, -0.2) is 9.78 Å². The number of halogens is 2. The minimum absolute atomic E-state index is 0.791. The maximum absolute atomic E-state index is 4.33. The van der Waals surface area contributed by atoms with Gasteiger partial charge >= 0.3 is 0 Å². The zero-order valence-corrected chi connectivity index (χ0v) is 11.4. The Kier molecular flexibility index (Phi) is 3.26. The lowest BCUT2D eigenvalue weighted by Crippen LogP contribution is -2.03. The summed E-state index contributed by atoms with van der Waals surface area (Å²) in [6, 6.07) is 10.3. The second kappa shape index (κ2) is 4.49. The summed E-state index contributed by atoms with van der Waals surface area (Å²) >= 11 is 6.82. The molecule has 0 radical (unpaired) electrons. The van der Waals surface area contributed by atoms with E-state index in [1.165, 1.54) is 11.1 Å². The minimum atomic E-state index is 0.791. The van der Waals surface area contributed by atoms with Crippen molar-refractivity contribution < 1.29 is 0 Å². The second-order valence-corrected chi connectivity index (χ2v) is 5.00. The highest BCUT2D eigenvalue weighted by atomic mass is 79.9. The first-order valence-corrected chi connectivity index (χ1v) is 6.19. The van der Waals surface area contributed by atoms with Crippen molar-refractivity contribution in [3.8, 4) is 0 Å². The highest BCUT2D eigenvalue weighted by Gasteiger charge is 2.05. The van der Waals surface area contributed by atoms with E-state index in [9.17, 15) is 0 Å². The van der Waals surface area contributed by atoms with Gasteiger partial charge in [0, 0.05) is 6.07 Å². The number of hydrogen-bond acceptors (Lipinski definition) is 1. The molecular weight excluding hydrogens is 320 g/mol. The third-order valence-electron chi connectivity index (χ3n) is 2.28. The van der Waals surface area contributed by atoms with Gasteiger partial charge < -0.3 is 0 Å². The van der Waals surface area contributed by atoms with Crippen molar-refractivity contribution in [1.82, 2.24) is 9.78 Å². The highest BCUT2D eigenvalue weighted by molar-refractivity contribution is 9.11. The average Bonchev–Trinajstić information content (AvgIpc) is 2.49. The average molecular weight is 330 g/mol. The summed E-state index contributed by atoms with van der Waals surface area (Å²) in [5.74, 6) is 0. The molecule has 0 aliphatic heterocycles. The monoisotopic (exact) mass is 328 g/mol. The molecule has 0 N–H and O–H groups in total. The van der Waals surface area contributed by atoms with Crippen molar-refractivity contribution in [2.24, 2.45) is 0 Å². The molecule has 0 aliphatic carbocycles. The quantitative estimate of drug-likeness (QED) is 0.820. The van der Waals surface area contributed by atoms with E-state index in [1.807, 2.05) is 16.8 Å². The summed E-state index contributed by atoms with van der Waals surface area (Å²) in [5, 5.41) is 4.33. The van der Waals surface area contributed by atoms with Gasteiger partial charge in [0.25, 0.3) is 0 Å². The van der Waals surface area contributed by atoms with Crippen molar-refractivity contribution in [3.05, 3.63) is 50.7 Å². The smallest absolute Gasteiger partial charge is 0.129 e. The molecule has 4 heteroatoms. The Hall–Kier alpha value is -0.610. The molecule has 1 aromatic carbocycles. The SMILES string of the molecule is Cc1ccccc1Cn1nc(Br)cc1Br. The van der Waals surface area contributed by atoms with Crippen molar-refractivity contribution in [2.45, 2.75) is 13.5 Å². The maximum atomic E-state index is 4.33. The predicted octanol–water partition coefficient (Wildman–Crippen LogP) is 3.76. The van der Waals surface area contributed by atoms with Gasteiger partial charge in [0.1, 0.15) is 9.21 Å². The fourth-order valence-electron chi connectivity index (χ4n) is 1.42. The largest absolute Gasteiger partial charge is 0.253 e. The fraction of sp³-hybridized carbons (Fsp3) is 0.182. The molecule has 0 atom stereocenters. The second-order valence-electron chi connectivity index (χ2n) is 3.37. The van der Waals surface area contributed by atoms with Gasteiger partial charge in [-0.05, 0) is 49.9 Å². The van der Waals surface area contributed by atoms with Gasteiger partial charge in [-0.15, -0.1) is 0 Å². The molecule has 2 aromatic rings. The topological polar surface area (TPSA) is 17.8 Å². The van der Waals surface area contributed by atoms with Crippen LogP contribution in [0.4, 0.5) is 0 Å². The van der Waals surface area contributed by atoms with E-state index in [1.54, 1.807) is 0 Å². The van der Waals surface area contributed by atoms with E-state index in [0.29, 0.717) is 0 Å². The summed E-state index contributed by atoms with van der Waals surface area (Å²) in [5.41, 5.74) is 2.57. The van der Waals surface area contributed by atoms with Gasteiger partial charge in [-0.2, -0.15) is 5.10 Å². The third kappa shape index (κ3) is 2.49. The number of benzene rings is 1. The molecule has 2 nitrogen and oxygen atoms in total. The maximum Gasteiger partial charge on any atom is 0.129 e. The normalized spacial score (nSPS) is 10.6. The molecule has 1 aromatic heterocycles. The number of hydrogen-bond donors (Lipinski definition) is 0. The van der Waals surface area contributed by atoms with Gasteiger partial charge in [0.15, 0.2) is 0 Å². The Morgan fingerprint density at radius 1 is 1.27 bits per heavy atom. The molecule has 0 bridgehead atoms. The van der Waals surface area contributed by atoms with Crippen LogP contribution < -0.4 is 0 Å². The molecule has 0 aliphatic rings. The van der Waals surface area contributed by atoms with Crippen molar-refractivity contribution >= 4 is 31.9 Å². The van der Waals surface area contributed by atoms with E-state index in [-0.39, 0.29) is 0 Å². The molecule has 15 heavy (non-hydrogen) atoms. The predicted molar refractivity (Wildman–Crippen MR) is 67.9 cm³/mol. The zero-order chi connectivity index (χ0) is 10.8. The molecule has 0 saturated carbocycles. The minimum Gasteiger partial charge on any atom is -0.253 e. The Labute approximate surface area is 106 Å². The highest BCUT2D eigenvalue weighted by Crippen LogP contribution is 2.18. The molecule has 0 unspecified atom stereocenters. The first-order valence-electron chi connectivity index (χ1n) is 4.60. The molecule has 0 fully saturated rings. The lowest BCUT2D eigenvalue weighted by atomic mass is 10.1. The first-order chi connectivity index (χ1) is 7.16.